The first-order valence-electron chi connectivity index (χ1n) is 4.09. The van der Waals surface area contributed by atoms with Crippen LogP contribution < -0.4 is 5.73 Å². The molecule has 0 aromatic rings. The van der Waals surface area contributed by atoms with Gasteiger partial charge in [0.05, 0.1) is 6.26 Å². The average molecular weight is 244 g/mol. The summed E-state index contributed by atoms with van der Waals surface area (Å²) in [7, 11) is -3.67. The Morgan fingerprint density at radius 2 is 2.00 bits per heavy atom. The molecule has 0 spiro atoms. The molecule has 0 bridgehead atoms. The van der Waals surface area contributed by atoms with E-state index in [1.54, 1.807) is 36.7 Å². The number of hydrogen-bond acceptors (Lipinski definition) is 4. The Kier molecular flexibility index (Phi) is 5.97. The van der Waals surface area contributed by atoms with Crippen LogP contribution in [0.1, 0.15) is 0 Å². The fraction of sp³-hybridized carbons (Fsp3) is 0.111. The van der Waals surface area contributed by atoms with Gasteiger partial charge in [-0.1, -0.05) is 0 Å². The van der Waals surface area contributed by atoms with E-state index in [1.165, 1.54) is 0 Å². The highest BCUT2D eigenvalue weighted by atomic mass is 32.2. The number of primary amides is 1. The number of rotatable bonds is 1. The van der Waals surface area contributed by atoms with Crippen molar-refractivity contribution in [3.05, 3.63) is 36.1 Å². The van der Waals surface area contributed by atoms with Gasteiger partial charge in [0, 0.05) is 18.0 Å². The van der Waals surface area contributed by atoms with Gasteiger partial charge in [-0.25, -0.2) is 0 Å². The zero-order valence-corrected chi connectivity index (χ0v) is 9.39. The lowest BCUT2D eigenvalue weighted by Crippen LogP contribution is -2.12. The highest BCUT2D eigenvalue weighted by Crippen LogP contribution is 1.97. The highest BCUT2D eigenvalue weighted by Gasteiger charge is 1.97. The topological polar surface area (TPSA) is 110 Å². The lowest BCUT2D eigenvalue weighted by Gasteiger charge is -1.92. The summed E-state index contributed by atoms with van der Waals surface area (Å²) in [6.07, 6.45) is 10.5. The van der Waals surface area contributed by atoms with Crippen molar-refractivity contribution in [2.75, 3.05) is 6.26 Å². The Labute approximate surface area is 93.6 Å². The van der Waals surface area contributed by atoms with Gasteiger partial charge < -0.3 is 5.73 Å². The maximum atomic E-state index is 10.6. The van der Waals surface area contributed by atoms with Gasteiger partial charge in [0.25, 0.3) is 10.1 Å². The van der Waals surface area contributed by atoms with Gasteiger partial charge >= 0.3 is 0 Å². The molecule has 1 amide bonds. The van der Waals surface area contributed by atoms with Crippen LogP contribution in [0, 0.1) is 0 Å². The Balaban J connectivity index is 0.000000385. The van der Waals surface area contributed by atoms with Crippen molar-refractivity contribution < 1.29 is 17.8 Å². The molecule has 0 atom stereocenters. The predicted molar refractivity (Wildman–Crippen MR) is 61.5 cm³/mol. The summed E-state index contributed by atoms with van der Waals surface area (Å²) in [5.41, 5.74) is 5.53. The minimum atomic E-state index is -3.67. The number of allylic oxidation sites excluding steroid dienone is 3. The first kappa shape index (κ1) is 14.3. The summed E-state index contributed by atoms with van der Waals surface area (Å²) in [5, 5.41) is 0. The van der Waals surface area contributed by atoms with Gasteiger partial charge in [0.1, 0.15) is 0 Å². The molecule has 1 aliphatic heterocycles. The molecule has 0 aromatic carbocycles. The molecule has 0 fully saturated rings. The van der Waals surface area contributed by atoms with Crippen LogP contribution in [0.2, 0.25) is 0 Å². The second-order valence-corrected chi connectivity index (χ2v) is 4.18. The van der Waals surface area contributed by atoms with E-state index in [1.807, 2.05) is 0 Å². The molecule has 7 heteroatoms. The van der Waals surface area contributed by atoms with Crippen molar-refractivity contribution in [3.8, 4) is 0 Å². The van der Waals surface area contributed by atoms with Crippen molar-refractivity contribution >= 4 is 22.2 Å². The number of carbonyl (C=O) groups is 1. The first-order valence-corrected chi connectivity index (χ1v) is 5.94. The molecule has 0 aliphatic carbocycles. The minimum Gasteiger partial charge on any atom is -0.366 e. The smallest absolute Gasteiger partial charge is 0.261 e. The lowest BCUT2D eigenvalue weighted by molar-refractivity contribution is -0.114. The van der Waals surface area contributed by atoms with Crippen LogP contribution in [0.4, 0.5) is 0 Å². The van der Waals surface area contributed by atoms with Gasteiger partial charge in [-0.15, -0.1) is 0 Å². The lowest BCUT2D eigenvalue weighted by atomic mass is 10.2. The highest BCUT2D eigenvalue weighted by molar-refractivity contribution is 7.85. The van der Waals surface area contributed by atoms with Crippen LogP contribution in [-0.2, 0) is 14.9 Å². The van der Waals surface area contributed by atoms with Crippen molar-refractivity contribution in [2.24, 2.45) is 10.7 Å². The van der Waals surface area contributed by atoms with Crippen molar-refractivity contribution in [1.82, 2.24) is 0 Å². The third kappa shape index (κ3) is 10.4. The second-order valence-electron chi connectivity index (χ2n) is 2.72. The molecular formula is C9H12N2O4S. The molecule has 88 valence electrons. The van der Waals surface area contributed by atoms with Gasteiger partial charge in [-0.3, -0.25) is 14.3 Å². The van der Waals surface area contributed by atoms with E-state index < -0.39 is 16.0 Å². The molecule has 1 heterocycles. The first-order chi connectivity index (χ1) is 7.30. The molecule has 0 saturated heterocycles. The van der Waals surface area contributed by atoms with E-state index in [0.717, 1.165) is 0 Å². The monoisotopic (exact) mass is 244 g/mol. The third-order valence-electron chi connectivity index (χ3n) is 1.18. The number of hydrogen-bond donors (Lipinski definition) is 2. The van der Waals surface area contributed by atoms with Crippen LogP contribution in [0.5, 0.6) is 0 Å². The minimum absolute atomic E-state index is 0.429. The SMILES string of the molecule is CS(=O)(=O)O.NC(=O)C1=C/C=C\N=C/C=C\1. The summed E-state index contributed by atoms with van der Waals surface area (Å²) in [6.45, 7) is 0. The fourth-order valence-electron chi connectivity index (χ4n) is 0.662. The quantitative estimate of drug-likeness (QED) is 0.635. The Hall–Kier alpha value is -1.73. The Morgan fingerprint density at radius 3 is 2.50 bits per heavy atom. The van der Waals surface area contributed by atoms with Crippen LogP contribution >= 0.6 is 0 Å². The van der Waals surface area contributed by atoms with Crippen molar-refractivity contribution in [1.29, 1.82) is 0 Å². The van der Waals surface area contributed by atoms with Gasteiger partial charge in [-0.2, -0.15) is 8.42 Å². The van der Waals surface area contributed by atoms with Crippen LogP contribution in [0.15, 0.2) is 41.1 Å². The van der Waals surface area contributed by atoms with E-state index in [2.05, 4.69) is 4.99 Å². The van der Waals surface area contributed by atoms with E-state index in [9.17, 15) is 13.2 Å². The largest absolute Gasteiger partial charge is 0.366 e. The van der Waals surface area contributed by atoms with Gasteiger partial charge in [0.2, 0.25) is 5.91 Å². The maximum absolute atomic E-state index is 10.6. The average Bonchev–Trinajstić information content (AvgIpc) is 1.97. The molecule has 3 N–H and O–H groups in total. The normalized spacial score (nSPS) is 23.5. The standard InChI is InChI=1S/C8H8N2O.CH4O3S/c9-8(11)7-3-1-5-10-6-2-4-7;1-5(2,3)4/h1-6H,(H2,9,11);1H3,(H,2,3,4)/b3-1-,4-2?,5-1?,6-2-,7-3?,7-4+,10-5-,10-6?;. The van der Waals surface area contributed by atoms with E-state index >= 15 is 0 Å². The fourth-order valence-corrected chi connectivity index (χ4v) is 0.662. The van der Waals surface area contributed by atoms with E-state index in [-0.39, 0.29) is 0 Å². The van der Waals surface area contributed by atoms with Crippen molar-refractivity contribution in [3.63, 3.8) is 0 Å². The van der Waals surface area contributed by atoms with E-state index in [4.69, 9.17) is 10.3 Å². The molecule has 0 radical (unpaired) electrons. The molecule has 6 nitrogen and oxygen atoms in total. The molecule has 1 aliphatic rings. The molecule has 0 unspecified atom stereocenters. The maximum Gasteiger partial charge on any atom is 0.261 e. The summed E-state index contributed by atoms with van der Waals surface area (Å²) < 4.78 is 25.9. The molecular weight excluding hydrogens is 232 g/mol. The van der Waals surface area contributed by atoms with Crippen molar-refractivity contribution in [2.45, 2.75) is 0 Å². The summed E-state index contributed by atoms with van der Waals surface area (Å²) in [4.78, 5) is 14.5. The van der Waals surface area contributed by atoms with Gasteiger partial charge in [-0.05, 0) is 24.3 Å². The summed E-state index contributed by atoms with van der Waals surface area (Å²) in [5.74, 6) is -0.429. The number of amides is 1. The Morgan fingerprint density at radius 1 is 1.44 bits per heavy atom. The number of carbonyl (C=O) groups excluding carboxylic acids is 1. The molecule has 1 rings (SSSR count). The van der Waals surface area contributed by atoms with Crippen LogP contribution in [-0.4, -0.2) is 31.3 Å². The second kappa shape index (κ2) is 6.70. The molecule has 0 aromatic heterocycles. The van der Waals surface area contributed by atoms with Crippen LogP contribution in [0.3, 0.4) is 0 Å². The molecule has 0 saturated carbocycles. The number of aliphatic imine (C=N–C) groups is 1. The zero-order chi connectivity index (χ0) is 12.6. The predicted octanol–water partition coefficient (Wildman–Crippen LogP) is 0.0564. The summed E-state index contributed by atoms with van der Waals surface area (Å²) >= 11 is 0. The van der Waals surface area contributed by atoms with Gasteiger partial charge in [0.15, 0.2) is 0 Å². The molecule has 16 heavy (non-hydrogen) atoms. The summed E-state index contributed by atoms with van der Waals surface area (Å²) in [6, 6.07) is 0. The third-order valence-corrected chi connectivity index (χ3v) is 1.18. The Bertz CT molecular complexity index is 450. The number of nitrogens with two attached hydrogens (primary N) is 1. The van der Waals surface area contributed by atoms with Crippen LogP contribution in [0.25, 0.3) is 0 Å². The zero-order valence-electron chi connectivity index (χ0n) is 8.57. The number of nitrogens with zero attached hydrogens (tertiary/aromatic N) is 1. The van der Waals surface area contributed by atoms with E-state index in [0.29, 0.717) is 11.8 Å².